The van der Waals surface area contributed by atoms with E-state index in [1.54, 1.807) is 0 Å². The molecule has 1 heterocycles. The lowest BCUT2D eigenvalue weighted by Gasteiger charge is -2.07. The number of rotatable bonds is 4. The number of carbonyl (C=O) groups excluding carboxylic acids is 1. The van der Waals surface area contributed by atoms with Crippen molar-refractivity contribution in [2.45, 2.75) is 24.0 Å². The molecule has 0 radical (unpaired) electrons. The number of aromatic nitrogens is 1. The van der Waals surface area contributed by atoms with E-state index in [4.69, 9.17) is 15.6 Å². The van der Waals surface area contributed by atoms with E-state index in [2.05, 4.69) is 4.98 Å². The Morgan fingerprint density at radius 2 is 2.06 bits per heavy atom. The van der Waals surface area contributed by atoms with Crippen LogP contribution in [0, 0.1) is 0 Å². The summed E-state index contributed by atoms with van der Waals surface area (Å²) in [5.74, 6) is -0.600. The molecule has 2 rings (SSSR count). The van der Waals surface area contributed by atoms with Gasteiger partial charge in [0.25, 0.3) is 15.9 Å². The van der Waals surface area contributed by atoms with Gasteiger partial charge in [-0.05, 0) is 12.8 Å². The van der Waals surface area contributed by atoms with Gasteiger partial charge >= 0.3 is 0 Å². The van der Waals surface area contributed by atoms with E-state index in [9.17, 15) is 13.2 Å². The lowest BCUT2D eigenvalue weighted by atomic mass is 10.3. The zero-order valence-corrected chi connectivity index (χ0v) is 9.61. The number of nitrogens with two attached hydrogens (primary N) is 2. The SMILES string of the molecule is NC(=O)c1cc(OC2CC2)cc(S(N)(=O)=O)n1. The second-order valence-corrected chi connectivity index (χ2v) is 5.26. The fraction of sp³-hybridized carbons (Fsp3) is 0.333. The minimum atomic E-state index is -4.00. The number of hydrogen-bond acceptors (Lipinski definition) is 5. The zero-order chi connectivity index (χ0) is 12.6. The van der Waals surface area contributed by atoms with Crippen LogP contribution in [0.5, 0.6) is 5.75 Å². The van der Waals surface area contributed by atoms with E-state index < -0.39 is 21.0 Å². The number of primary amides is 1. The van der Waals surface area contributed by atoms with Gasteiger partial charge in [-0.25, -0.2) is 18.5 Å². The first-order valence-electron chi connectivity index (χ1n) is 4.87. The Balaban J connectivity index is 2.44. The maximum absolute atomic E-state index is 11.2. The van der Waals surface area contributed by atoms with Crippen LogP contribution >= 0.6 is 0 Å². The number of hydrogen-bond donors (Lipinski definition) is 2. The molecule has 4 N–H and O–H groups in total. The molecule has 0 saturated heterocycles. The molecule has 0 unspecified atom stereocenters. The molecule has 1 aromatic rings. The van der Waals surface area contributed by atoms with Gasteiger partial charge in [-0.15, -0.1) is 0 Å². The second kappa shape index (κ2) is 3.97. The van der Waals surface area contributed by atoms with Crippen molar-refractivity contribution >= 4 is 15.9 Å². The molecule has 1 aliphatic carbocycles. The lowest BCUT2D eigenvalue weighted by Crippen LogP contribution is -2.19. The van der Waals surface area contributed by atoms with E-state index in [0.717, 1.165) is 12.8 Å². The highest BCUT2D eigenvalue weighted by molar-refractivity contribution is 7.89. The summed E-state index contributed by atoms with van der Waals surface area (Å²) in [5.41, 5.74) is 4.86. The Labute approximate surface area is 97.8 Å². The molecule has 8 heteroatoms. The van der Waals surface area contributed by atoms with Crippen LogP contribution < -0.4 is 15.6 Å². The van der Waals surface area contributed by atoms with Crippen LogP contribution in [0.25, 0.3) is 0 Å². The summed E-state index contributed by atoms with van der Waals surface area (Å²) in [4.78, 5) is 14.6. The van der Waals surface area contributed by atoms with Gasteiger partial charge in [-0.3, -0.25) is 4.79 Å². The lowest BCUT2D eigenvalue weighted by molar-refractivity contribution is 0.0994. The fourth-order valence-electron chi connectivity index (χ4n) is 1.20. The van der Waals surface area contributed by atoms with Crippen LogP contribution in [0.1, 0.15) is 23.3 Å². The third kappa shape index (κ3) is 2.92. The molecule has 1 amide bonds. The van der Waals surface area contributed by atoms with Gasteiger partial charge in [-0.2, -0.15) is 0 Å². The Morgan fingerprint density at radius 3 is 2.53 bits per heavy atom. The highest BCUT2D eigenvalue weighted by Gasteiger charge is 2.25. The van der Waals surface area contributed by atoms with Gasteiger partial charge in [0.05, 0.1) is 6.10 Å². The largest absolute Gasteiger partial charge is 0.490 e. The molecule has 92 valence electrons. The monoisotopic (exact) mass is 257 g/mol. The van der Waals surface area contributed by atoms with E-state index >= 15 is 0 Å². The van der Waals surface area contributed by atoms with Crippen LogP contribution in [0.4, 0.5) is 0 Å². The fourth-order valence-corrected chi connectivity index (χ4v) is 1.71. The van der Waals surface area contributed by atoms with Gasteiger partial charge in [0.15, 0.2) is 5.03 Å². The molecule has 0 spiro atoms. The average Bonchev–Trinajstić information content (AvgIpc) is 2.99. The molecule has 1 fully saturated rings. The summed E-state index contributed by atoms with van der Waals surface area (Å²) in [5, 5.41) is 4.52. The Kier molecular flexibility index (Phi) is 2.76. The number of sulfonamides is 1. The van der Waals surface area contributed by atoms with Crippen molar-refractivity contribution in [1.29, 1.82) is 0 Å². The maximum Gasteiger partial charge on any atom is 0.267 e. The van der Waals surface area contributed by atoms with Crippen LogP contribution in [-0.4, -0.2) is 25.4 Å². The highest BCUT2D eigenvalue weighted by atomic mass is 32.2. The smallest absolute Gasteiger partial charge is 0.267 e. The van der Waals surface area contributed by atoms with Crippen molar-refractivity contribution in [2.24, 2.45) is 10.9 Å². The normalized spacial score (nSPS) is 15.6. The highest BCUT2D eigenvalue weighted by Crippen LogP contribution is 2.27. The first-order chi connectivity index (χ1) is 7.86. The molecule has 1 aromatic heterocycles. The van der Waals surface area contributed by atoms with E-state index in [1.165, 1.54) is 12.1 Å². The summed E-state index contributed by atoms with van der Waals surface area (Å²) in [6, 6.07) is 2.48. The summed E-state index contributed by atoms with van der Waals surface area (Å²) < 4.78 is 27.7. The van der Waals surface area contributed by atoms with Crippen LogP contribution in [-0.2, 0) is 10.0 Å². The third-order valence-corrected chi connectivity index (χ3v) is 2.94. The molecule has 0 atom stereocenters. The Hall–Kier alpha value is -1.67. The topological polar surface area (TPSA) is 125 Å². The molecule has 0 aliphatic heterocycles. The number of nitrogens with zero attached hydrogens (tertiary/aromatic N) is 1. The van der Waals surface area contributed by atoms with Crippen molar-refractivity contribution < 1.29 is 17.9 Å². The average molecular weight is 257 g/mol. The summed E-state index contributed by atoms with van der Waals surface area (Å²) in [7, 11) is -4.00. The van der Waals surface area contributed by atoms with Gasteiger partial charge in [0.2, 0.25) is 0 Å². The van der Waals surface area contributed by atoms with Crippen LogP contribution in [0.2, 0.25) is 0 Å². The van der Waals surface area contributed by atoms with Gasteiger partial charge < -0.3 is 10.5 Å². The quantitative estimate of drug-likeness (QED) is 0.742. The van der Waals surface area contributed by atoms with Crippen molar-refractivity contribution in [3.8, 4) is 5.75 Å². The molecule has 17 heavy (non-hydrogen) atoms. The van der Waals surface area contributed by atoms with Gasteiger partial charge in [-0.1, -0.05) is 0 Å². The minimum absolute atomic E-state index is 0.0615. The number of carbonyl (C=O) groups is 1. The molecule has 7 nitrogen and oxygen atoms in total. The molecule has 0 aromatic carbocycles. The molecule has 1 aliphatic rings. The van der Waals surface area contributed by atoms with E-state index in [1.807, 2.05) is 0 Å². The standard InChI is InChI=1S/C9H11N3O4S/c10-9(13)7-3-6(16-5-1-2-5)4-8(12-7)17(11,14)15/h3-5H,1-2H2,(H2,10,13)(H2,11,14,15). The Morgan fingerprint density at radius 1 is 1.41 bits per heavy atom. The van der Waals surface area contributed by atoms with Crippen molar-refractivity contribution in [2.75, 3.05) is 0 Å². The minimum Gasteiger partial charge on any atom is -0.490 e. The summed E-state index contributed by atoms with van der Waals surface area (Å²) in [6.07, 6.45) is 1.86. The first kappa shape index (κ1) is 11.8. The third-order valence-electron chi connectivity index (χ3n) is 2.15. The maximum atomic E-state index is 11.2. The van der Waals surface area contributed by atoms with Gasteiger partial charge in [0, 0.05) is 12.1 Å². The van der Waals surface area contributed by atoms with E-state index in [-0.39, 0.29) is 17.5 Å². The van der Waals surface area contributed by atoms with Gasteiger partial charge in [0.1, 0.15) is 11.4 Å². The first-order valence-corrected chi connectivity index (χ1v) is 6.42. The Bertz CT molecular complexity index is 566. The second-order valence-electron chi connectivity index (χ2n) is 3.75. The molecule has 0 bridgehead atoms. The number of ether oxygens (including phenoxy) is 1. The summed E-state index contributed by atoms with van der Waals surface area (Å²) >= 11 is 0. The predicted octanol–water partition coefficient (Wildman–Crippen LogP) is -0.631. The molecular formula is C9H11N3O4S. The number of amides is 1. The van der Waals surface area contributed by atoms with Crippen LogP contribution in [0.15, 0.2) is 17.2 Å². The van der Waals surface area contributed by atoms with Crippen molar-refractivity contribution in [1.82, 2.24) is 4.98 Å². The predicted molar refractivity (Wildman–Crippen MR) is 57.8 cm³/mol. The zero-order valence-electron chi connectivity index (χ0n) is 8.79. The van der Waals surface area contributed by atoms with Crippen molar-refractivity contribution in [3.05, 3.63) is 17.8 Å². The van der Waals surface area contributed by atoms with Crippen molar-refractivity contribution in [3.63, 3.8) is 0 Å². The number of primary sulfonamides is 1. The van der Waals surface area contributed by atoms with Crippen LogP contribution in [0.3, 0.4) is 0 Å². The number of pyridine rings is 1. The molecule has 1 saturated carbocycles. The molecular weight excluding hydrogens is 246 g/mol. The summed E-state index contributed by atoms with van der Waals surface area (Å²) in [6.45, 7) is 0. The van der Waals surface area contributed by atoms with E-state index in [0.29, 0.717) is 0 Å².